The van der Waals surface area contributed by atoms with Crippen LogP contribution in [0.2, 0.25) is 0 Å². The van der Waals surface area contributed by atoms with Crippen molar-refractivity contribution in [3.8, 4) is 6.07 Å². The maximum absolute atomic E-state index is 11.9. The second kappa shape index (κ2) is 5.20. The van der Waals surface area contributed by atoms with Crippen LogP contribution in [-0.2, 0) is 19.9 Å². The van der Waals surface area contributed by atoms with E-state index in [1.54, 1.807) is 0 Å². The van der Waals surface area contributed by atoms with Crippen molar-refractivity contribution >= 4 is 31.2 Å². The third kappa shape index (κ3) is 3.14. The molecule has 1 aliphatic heterocycles. The van der Waals surface area contributed by atoms with Crippen LogP contribution in [0.25, 0.3) is 0 Å². The Kier molecular flexibility index (Phi) is 3.96. The largest absolute Gasteiger partial charge is 0.250 e. The summed E-state index contributed by atoms with van der Waals surface area (Å²) < 4.78 is 49.4. The van der Waals surface area contributed by atoms with Gasteiger partial charge in [-0.2, -0.15) is 5.26 Å². The van der Waals surface area contributed by atoms with Crippen LogP contribution in [0.15, 0.2) is 16.3 Å². The summed E-state index contributed by atoms with van der Waals surface area (Å²) in [5, 5.41) is 8.01. The minimum absolute atomic E-state index is 0.0273. The van der Waals surface area contributed by atoms with Crippen LogP contribution in [-0.4, -0.2) is 34.4 Å². The number of nitriles is 1. The lowest BCUT2D eigenvalue weighted by Crippen LogP contribution is -2.34. The zero-order chi connectivity index (χ0) is 14.1. The van der Waals surface area contributed by atoms with Crippen molar-refractivity contribution in [3.05, 3.63) is 17.0 Å². The molecule has 1 aliphatic rings. The highest BCUT2D eigenvalue weighted by atomic mass is 32.2. The first kappa shape index (κ1) is 14.5. The maximum Gasteiger partial charge on any atom is 0.250 e. The molecular weight excluding hydrogens is 308 g/mol. The van der Waals surface area contributed by atoms with Crippen molar-refractivity contribution in [3.63, 3.8) is 0 Å². The Morgan fingerprint density at radius 3 is 2.74 bits per heavy atom. The van der Waals surface area contributed by atoms with Gasteiger partial charge in [0.15, 0.2) is 9.84 Å². The van der Waals surface area contributed by atoms with Crippen LogP contribution in [0, 0.1) is 11.3 Å². The van der Waals surface area contributed by atoms with Gasteiger partial charge >= 0.3 is 0 Å². The second-order valence-corrected chi connectivity index (χ2v) is 9.69. The average molecular weight is 320 g/mol. The molecule has 2 rings (SSSR count). The lowest BCUT2D eigenvalue weighted by molar-refractivity contribution is 0.572. The number of nitrogens with one attached hydrogen (secondary N) is 1. The van der Waals surface area contributed by atoms with E-state index in [0.717, 1.165) is 11.3 Å². The molecule has 1 fully saturated rings. The summed E-state index contributed by atoms with van der Waals surface area (Å²) in [6.45, 7) is -0.107. The maximum atomic E-state index is 11.9. The quantitative estimate of drug-likeness (QED) is 0.868. The highest BCUT2D eigenvalue weighted by Crippen LogP contribution is 2.22. The van der Waals surface area contributed by atoms with E-state index in [9.17, 15) is 16.8 Å². The third-order valence-corrected chi connectivity index (χ3v) is 8.10. The zero-order valence-corrected chi connectivity index (χ0v) is 12.3. The summed E-state index contributed by atoms with van der Waals surface area (Å²) in [5.74, 6) is 0.122. The normalized spacial score (nSPS) is 22.2. The predicted octanol–water partition coefficient (Wildman–Crippen LogP) is 0.475. The first-order valence-electron chi connectivity index (χ1n) is 5.56. The molecule has 0 aliphatic carbocycles. The van der Waals surface area contributed by atoms with E-state index in [0.29, 0.717) is 17.7 Å². The number of sulfonamides is 1. The number of sulfone groups is 1. The number of hydrogen-bond acceptors (Lipinski definition) is 6. The molecule has 6 nitrogen and oxygen atoms in total. The molecule has 0 spiro atoms. The van der Waals surface area contributed by atoms with E-state index < -0.39 is 25.1 Å². The van der Waals surface area contributed by atoms with Crippen molar-refractivity contribution in [2.45, 2.75) is 22.3 Å². The summed E-state index contributed by atoms with van der Waals surface area (Å²) >= 11 is 0.861. The van der Waals surface area contributed by atoms with Crippen molar-refractivity contribution in [2.24, 2.45) is 0 Å². The van der Waals surface area contributed by atoms with Crippen LogP contribution in [0.4, 0.5) is 0 Å². The molecule has 1 N–H and O–H groups in total. The Morgan fingerprint density at radius 1 is 1.47 bits per heavy atom. The molecule has 0 saturated carbocycles. The molecule has 1 aromatic heterocycles. The van der Waals surface area contributed by atoms with Crippen molar-refractivity contribution in [2.75, 3.05) is 12.3 Å². The predicted molar refractivity (Wildman–Crippen MR) is 71.0 cm³/mol. The molecule has 1 atom stereocenters. The number of nitrogens with zero attached hydrogens (tertiary/aromatic N) is 1. The van der Waals surface area contributed by atoms with Crippen LogP contribution >= 0.6 is 11.3 Å². The molecule has 1 aromatic rings. The molecule has 104 valence electrons. The lowest BCUT2D eigenvalue weighted by Gasteiger charge is -2.10. The summed E-state index contributed by atoms with van der Waals surface area (Å²) in [6.07, 6.45) is 1.06. The fourth-order valence-electron chi connectivity index (χ4n) is 1.89. The van der Waals surface area contributed by atoms with Gasteiger partial charge in [-0.25, -0.2) is 21.6 Å². The van der Waals surface area contributed by atoms with Gasteiger partial charge < -0.3 is 0 Å². The topological polar surface area (TPSA) is 104 Å². The van der Waals surface area contributed by atoms with Crippen LogP contribution in [0.3, 0.4) is 0 Å². The first-order chi connectivity index (χ1) is 8.85. The fourth-order valence-corrected chi connectivity index (χ4v) is 5.99. The summed E-state index contributed by atoms with van der Waals surface area (Å²) in [5.41, 5.74) is 0. The van der Waals surface area contributed by atoms with Gasteiger partial charge in [-0.05, 0) is 25.0 Å². The minimum Gasteiger partial charge on any atom is -0.229 e. The second-order valence-electron chi connectivity index (χ2n) is 4.21. The Bertz CT molecular complexity index is 712. The number of rotatable bonds is 4. The Balaban J connectivity index is 2.08. The van der Waals surface area contributed by atoms with E-state index in [1.807, 2.05) is 6.07 Å². The Labute approximate surface area is 116 Å². The van der Waals surface area contributed by atoms with Crippen molar-refractivity contribution < 1.29 is 16.8 Å². The molecule has 2 heterocycles. The van der Waals surface area contributed by atoms with Gasteiger partial charge in [-0.1, -0.05) is 0 Å². The van der Waals surface area contributed by atoms with Gasteiger partial charge in [0.05, 0.1) is 11.0 Å². The van der Waals surface area contributed by atoms with Gasteiger partial charge in [-0.15, -0.1) is 11.3 Å². The van der Waals surface area contributed by atoms with Gasteiger partial charge in [0.1, 0.15) is 15.2 Å². The summed E-state index contributed by atoms with van der Waals surface area (Å²) in [4.78, 5) is 0.300. The smallest absolute Gasteiger partial charge is 0.229 e. The molecule has 19 heavy (non-hydrogen) atoms. The summed E-state index contributed by atoms with van der Waals surface area (Å²) in [7, 11) is -6.90. The molecule has 1 saturated heterocycles. The molecule has 0 aromatic carbocycles. The Morgan fingerprint density at radius 2 is 2.21 bits per heavy atom. The monoisotopic (exact) mass is 320 g/mol. The zero-order valence-electron chi connectivity index (χ0n) is 9.87. The highest BCUT2D eigenvalue weighted by Gasteiger charge is 2.32. The Hall–Kier alpha value is -0.950. The molecule has 9 heteroatoms. The van der Waals surface area contributed by atoms with Crippen LogP contribution in [0.5, 0.6) is 0 Å². The molecule has 0 bridgehead atoms. The standard InChI is InChI=1S/C10H12N2O4S3/c11-6-8-3-4-10(17-8)19(15,16)12-7-9-2-1-5-18(9,13)14/h3-4,9,12H,1-2,5,7H2. The fraction of sp³-hybridized carbons (Fsp3) is 0.500. The van der Waals surface area contributed by atoms with E-state index in [4.69, 9.17) is 5.26 Å². The van der Waals surface area contributed by atoms with E-state index >= 15 is 0 Å². The van der Waals surface area contributed by atoms with E-state index in [-0.39, 0.29) is 16.5 Å². The highest BCUT2D eigenvalue weighted by molar-refractivity contribution is 7.93. The van der Waals surface area contributed by atoms with Gasteiger partial charge in [-0.3, -0.25) is 0 Å². The molecule has 1 unspecified atom stereocenters. The first-order valence-corrected chi connectivity index (χ1v) is 9.58. The average Bonchev–Trinajstić information content (AvgIpc) is 2.93. The van der Waals surface area contributed by atoms with E-state index in [2.05, 4.69) is 4.72 Å². The van der Waals surface area contributed by atoms with Crippen molar-refractivity contribution in [1.82, 2.24) is 4.72 Å². The third-order valence-electron chi connectivity index (χ3n) is 2.92. The van der Waals surface area contributed by atoms with Gasteiger partial charge in [0.25, 0.3) is 0 Å². The molecule has 0 amide bonds. The van der Waals surface area contributed by atoms with Gasteiger partial charge in [0.2, 0.25) is 10.0 Å². The number of hydrogen-bond donors (Lipinski definition) is 1. The summed E-state index contributed by atoms with van der Waals surface area (Å²) in [6, 6.07) is 4.62. The molecular formula is C10H12N2O4S3. The van der Waals surface area contributed by atoms with Crippen molar-refractivity contribution in [1.29, 1.82) is 5.26 Å². The van der Waals surface area contributed by atoms with E-state index in [1.165, 1.54) is 12.1 Å². The SMILES string of the molecule is N#Cc1ccc(S(=O)(=O)NCC2CCCS2(=O)=O)s1. The van der Waals surface area contributed by atoms with Gasteiger partial charge in [0, 0.05) is 6.54 Å². The van der Waals surface area contributed by atoms with Crippen LogP contribution < -0.4 is 4.72 Å². The number of thiophene rings is 1. The molecule has 0 radical (unpaired) electrons. The van der Waals surface area contributed by atoms with Crippen LogP contribution in [0.1, 0.15) is 17.7 Å². The lowest BCUT2D eigenvalue weighted by atomic mass is 10.2. The minimum atomic E-state index is -3.73.